The second kappa shape index (κ2) is 13.2. The number of hydrogen-bond donors (Lipinski definition) is 0. The lowest BCUT2D eigenvalue weighted by molar-refractivity contribution is 1.18. The molecule has 0 amide bonds. The van der Waals surface area contributed by atoms with Crippen molar-refractivity contribution in [3.63, 3.8) is 0 Å². The minimum atomic E-state index is 1.10. The van der Waals surface area contributed by atoms with Gasteiger partial charge in [-0.15, -0.1) is 0 Å². The summed E-state index contributed by atoms with van der Waals surface area (Å²) in [6.07, 6.45) is 0. The van der Waals surface area contributed by atoms with Crippen molar-refractivity contribution in [1.29, 1.82) is 0 Å². The predicted octanol–water partition coefficient (Wildman–Crippen LogP) is 15.0. The van der Waals surface area contributed by atoms with Crippen molar-refractivity contribution >= 4 is 71.2 Å². The van der Waals surface area contributed by atoms with Gasteiger partial charge in [0.25, 0.3) is 0 Å². The Morgan fingerprint density at radius 2 is 0.679 bits per heavy atom. The van der Waals surface area contributed by atoms with Gasteiger partial charge in [-0.05, 0) is 121 Å². The molecule has 0 atom stereocenters. The molecule has 11 aromatic rings. The number of anilines is 3. The van der Waals surface area contributed by atoms with E-state index in [-0.39, 0.29) is 0 Å². The van der Waals surface area contributed by atoms with Gasteiger partial charge in [-0.3, -0.25) is 0 Å². The molecule has 0 aliphatic heterocycles. The molecule has 0 N–H and O–H groups in total. The standard InChI is InChI=1S/C54H36N2/c1-3-13-37(14-4-1)38-23-28-42(29-24-38)55(44-32-33-49-47-19-8-7-17-45(47)46-18-9-10-20-48(46)51(49)36-44)43-30-25-39(26-31-43)40-27-34-54-52(35-40)50-21-11-12-22-53(50)56(54)41-15-5-2-6-16-41/h1-36H. The van der Waals surface area contributed by atoms with Gasteiger partial charge in [0.15, 0.2) is 0 Å². The molecule has 0 aliphatic carbocycles. The Morgan fingerprint density at radius 3 is 1.30 bits per heavy atom. The van der Waals surface area contributed by atoms with Gasteiger partial charge in [0, 0.05) is 33.5 Å². The third kappa shape index (κ3) is 5.26. The zero-order chi connectivity index (χ0) is 37.0. The molecule has 0 radical (unpaired) electrons. The second-order valence-electron chi connectivity index (χ2n) is 14.5. The predicted molar refractivity (Wildman–Crippen MR) is 239 cm³/mol. The van der Waals surface area contributed by atoms with Crippen molar-refractivity contribution in [2.45, 2.75) is 0 Å². The van der Waals surface area contributed by atoms with Crippen LogP contribution in [0, 0.1) is 0 Å². The lowest BCUT2D eigenvalue weighted by Crippen LogP contribution is -2.10. The van der Waals surface area contributed by atoms with Crippen LogP contribution in [0.4, 0.5) is 17.1 Å². The molecule has 262 valence electrons. The van der Waals surface area contributed by atoms with E-state index in [2.05, 4.69) is 228 Å². The molecule has 0 bridgehead atoms. The molecule has 0 saturated heterocycles. The van der Waals surface area contributed by atoms with Crippen molar-refractivity contribution in [3.8, 4) is 27.9 Å². The van der Waals surface area contributed by atoms with E-state index in [1.54, 1.807) is 0 Å². The Hall–Kier alpha value is -7.42. The van der Waals surface area contributed by atoms with Crippen LogP contribution in [0.5, 0.6) is 0 Å². The van der Waals surface area contributed by atoms with E-state index in [9.17, 15) is 0 Å². The average molecular weight is 713 g/mol. The van der Waals surface area contributed by atoms with Crippen molar-refractivity contribution in [2.75, 3.05) is 4.90 Å². The monoisotopic (exact) mass is 712 g/mol. The molecule has 10 aromatic carbocycles. The first kappa shape index (κ1) is 32.0. The molecule has 56 heavy (non-hydrogen) atoms. The molecule has 0 saturated carbocycles. The molecule has 0 spiro atoms. The zero-order valence-electron chi connectivity index (χ0n) is 30.7. The highest BCUT2D eigenvalue weighted by Gasteiger charge is 2.17. The summed E-state index contributed by atoms with van der Waals surface area (Å²) in [5.41, 5.74) is 11.7. The van der Waals surface area contributed by atoms with Crippen LogP contribution in [0.25, 0.3) is 82.1 Å². The topological polar surface area (TPSA) is 8.17 Å². The molecule has 1 aromatic heterocycles. The van der Waals surface area contributed by atoms with E-state index in [4.69, 9.17) is 0 Å². The minimum Gasteiger partial charge on any atom is -0.310 e. The maximum absolute atomic E-state index is 2.39. The summed E-state index contributed by atoms with van der Waals surface area (Å²) >= 11 is 0. The van der Waals surface area contributed by atoms with Gasteiger partial charge in [0.1, 0.15) is 0 Å². The zero-order valence-corrected chi connectivity index (χ0v) is 30.7. The smallest absolute Gasteiger partial charge is 0.0541 e. The number of nitrogens with zero attached hydrogens (tertiary/aromatic N) is 2. The Morgan fingerprint density at radius 1 is 0.250 bits per heavy atom. The number of fused-ring (bicyclic) bond motifs is 9. The van der Waals surface area contributed by atoms with Crippen LogP contribution in [-0.2, 0) is 0 Å². The molecule has 11 rings (SSSR count). The third-order valence-electron chi connectivity index (χ3n) is 11.4. The van der Waals surface area contributed by atoms with E-state index in [0.717, 1.165) is 17.1 Å². The summed E-state index contributed by atoms with van der Waals surface area (Å²) in [5, 5.41) is 10.1. The summed E-state index contributed by atoms with van der Waals surface area (Å²) in [4.78, 5) is 2.39. The maximum Gasteiger partial charge on any atom is 0.0541 e. The van der Waals surface area contributed by atoms with E-state index >= 15 is 0 Å². The molecular formula is C54H36N2. The number of aromatic nitrogens is 1. The third-order valence-corrected chi connectivity index (χ3v) is 11.4. The molecule has 2 heteroatoms. The van der Waals surface area contributed by atoms with Gasteiger partial charge in [0.2, 0.25) is 0 Å². The van der Waals surface area contributed by atoms with Crippen molar-refractivity contribution in [3.05, 3.63) is 218 Å². The Balaban J connectivity index is 1.05. The summed E-state index contributed by atoms with van der Waals surface area (Å²) in [6, 6.07) is 79.4. The molecule has 1 heterocycles. The van der Waals surface area contributed by atoms with Gasteiger partial charge in [-0.25, -0.2) is 0 Å². The van der Waals surface area contributed by atoms with Crippen LogP contribution >= 0.6 is 0 Å². The van der Waals surface area contributed by atoms with Gasteiger partial charge in [0.05, 0.1) is 11.0 Å². The number of para-hydroxylation sites is 2. The van der Waals surface area contributed by atoms with Crippen molar-refractivity contribution in [1.82, 2.24) is 4.57 Å². The van der Waals surface area contributed by atoms with Crippen LogP contribution < -0.4 is 4.90 Å². The van der Waals surface area contributed by atoms with Gasteiger partial charge in [-0.2, -0.15) is 0 Å². The number of hydrogen-bond acceptors (Lipinski definition) is 1. The lowest BCUT2D eigenvalue weighted by atomic mass is 9.94. The first-order chi connectivity index (χ1) is 27.8. The Bertz CT molecular complexity index is 3180. The minimum absolute atomic E-state index is 1.10. The number of benzene rings is 10. The van der Waals surface area contributed by atoms with Gasteiger partial charge >= 0.3 is 0 Å². The van der Waals surface area contributed by atoms with Gasteiger partial charge in [-0.1, -0.05) is 152 Å². The summed E-state index contributed by atoms with van der Waals surface area (Å²) in [5.74, 6) is 0. The molecule has 0 fully saturated rings. The molecular weight excluding hydrogens is 677 g/mol. The van der Waals surface area contributed by atoms with Crippen molar-refractivity contribution in [2.24, 2.45) is 0 Å². The van der Waals surface area contributed by atoms with Crippen LogP contribution in [0.1, 0.15) is 0 Å². The first-order valence-corrected chi connectivity index (χ1v) is 19.3. The fraction of sp³-hybridized carbons (Fsp3) is 0. The Kier molecular flexibility index (Phi) is 7.53. The lowest BCUT2D eigenvalue weighted by Gasteiger charge is -2.26. The van der Waals surface area contributed by atoms with E-state index in [0.29, 0.717) is 0 Å². The first-order valence-electron chi connectivity index (χ1n) is 19.3. The van der Waals surface area contributed by atoms with E-state index in [1.807, 2.05) is 0 Å². The average Bonchev–Trinajstić information content (AvgIpc) is 3.61. The highest BCUT2D eigenvalue weighted by molar-refractivity contribution is 6.25. The molecule has 0 aliphatic rings. The second-order valence-corrected chi connectivity index (χ2v) is 14.5. The van der Waals surface area contributed by atoms with Crippen LogP contribution in [0.15, 0.2) is 218 Å². The highest BCUT2D eigenvalue weighted by atomic mass is 15.1. The summed E-state index contributed by atoms with van der Waals surface area (Å²) in [6.45, 7) is 0. The quantitative estimate of drug-likeness (QED) is 0.156. The SMILES string of the molecule is c1ccc(-c2ccc(N(c3ccc(-c4ccc5c(c4)c4ccccc4n5-c4ccccc4)cc3)c3ccc4c5ccccc5c5ccccc5c4c3)cc2)cc1. The molecule has 0 unspecified atom stereocenters. The highest BCUT2D eigenvalue weighted by Crippen LogP contribution is 2.42. The maximum atomic E-state index is 2.39. The van der Waals surface area contributed by atoms with E-state index < -0.39 is 0 Å². The van der Waals surface area contributed by atoms with E-state index in [1.165, 1.54) is 82.1 Å². The summed E-state index contributed by atoms with van der Waals surface area (Å²) in [7, 11) is 0. The number of rotatable bonds is 6. The fourth-order valence-corrected chi connectivity index (χ4v) is 8.73. The van der Waals surface area contributed by atoms with Crippen molar-refractivity contribution < 1.29 is 0 Å². The summed E-state index contributed by atoms with van der Waals surface area (Å²) < 4.78 is 2.37. The fourth-order valence-electron chi connectivity index (χ4n) is 8.73. The largest absolute Gasteiger partial charge is 0.310 e. The molecule has 2 nitrogen and oxygen atoms in total. The normalized spacial score (nSPS) is 11.6. The van der Waals surface area contributed by atoms with Crippen LogP contribution in [0.3, 0.4) is 0 Å². The van der Waals surface area contributed by atoms with Crippen LogP contribution in [0.2, 0.25) is 0 Å². The van der Waals surface area contributed by atoms with Gasteiger partial charge < -0.3 is 9.47 Å². The Labute approximate surface area is 325 Å². The van der Waals surface area contributed by atoms with Crippen LogP contribution in [-0.4, -0.2) is 4.57 Å².